The summed E-state index contributed by atoms with van der Waals surface area (Å²) >= 11 is 0. The van der Waals surface area contributed by atoms with Crippen molar-refractivity contribution in [3.8, 4) is 0 Å². The highest BCUT2D eigenvalue weighted by atomic mass is 16.1. The normalized spacial score (nSPS) is 40.6. The van der Waals surface area contributed by atoms with Crippen LogP contribution in [0.2, 0.25) is 0 Å². The molecule has 0 amide bonds. The van der Waals surface area contributed by atoms with E-state index in [4.69, 9.17) is 0 Å². The number of ketones is 1. The van der Waals surface area contributed by atoms with Crippen LogP contribution in [-0.4, -0.2) is 36.5 Å². The van der Waals surface area contributed by atoms with Crippen LogP contribution in [0.1, 0.15) is 32.5 Å². The van der Waals surface area contributed by atoms with Gasteiger partial charge >= 0.3 is 0 Å². The van der Waals surface area contributed by atoms with Crippen molar-refractivity contribution in [1.29, 1.82) is 0 Å². The largest absolute Gasteiger partial charge is 0.347 e. The number of nitrogens with zero attached hydrogens (tertiary/aromatic N) is 1. The highest BCUT2D eigenvalue weighted by molar-refractivity contribution is 5.91. The molecule has 2 N–H and O–H groups in total. The van der Waals surface area contributed by atoms with Gasteiger partial charge in [0.2, 0.25) is 6.17 Å². The molecule has 4 saturated heterocycles. The summed E-state index contributed by atoms with van der Waals surface area (Å²) in [5, 5.41) is 1.40. The van der Waals surface area contributed by atoms with Crippen LogP contribution in [0.5, 0.6) is 0 Å². The first-order chi connectivity index (χ1) is 11.5. The van der Waals surface area contributed by atoms with Crippen molar-refractivity contribution >= 4 is 16.7 Å². The number of piperidine rings is 2. The van der Waals surface area contributed by atoms with Crippen molar-refractivity contribution < 1.29 is 14.6 Å². The maximum absolute atomic E-state index is 12.9. The van der Waals surface area contributed by atoms with E-state index in [0.29, 0.717) is 11.9 Å². The molecule has 126 valence electrons. The van der Waals surface area contributed by atoms with E-state index in [1.807, 2.05) is 0 Å². The third kappa shape index (κ3) is 1.68. The van der Waals surface area contributed by atoms with Gasteiger partial charge in [0.15, 0.2) is 5.78 Å². The van der Waals surface area contributed by atoms with Gasteiger partial charge in [-0.3, -0.25) is 14.6 Å². The third-order valence-corrected chi connectivity index (χ3v) is 6.85. The van der Waals surface area contributed by atoms with E-state index in [1.165, 1.54) is 16.5 Å². The molecule has 4 heteroatoms. The summed E-state index contributed by atoms with van der Waals surface area (Å²) in [6.07, 6.45) is 2.86. The Bertz CT molecular complexity index is 812. The number of Topliss-reactive ketones (excluding diaryl/α,β-unsaturated/α-hetero) is 1. The Morgan fingerprint density at radius 2 is 1.67 bits per heavy atom. The van der Waals surface area contributed by atoms with Gasteiger partial charge in [-0.25, -0.2) is 0 Å². The number of fused-ring (bicyclic) bond motifs is 1. The fraction of sp³-hybridized carbons (Fsp3) is 0.550. The fourth-order valence-electron chi connectivity index (χ4n) is 6.21. The predicted molar refractivity (Wildman–Crippen MR) is 93.0 cm³/mol. The maximum Gasteiger partial charge on any atom is 0.242 e. The molecule has 0 aliphatic carbocycles. The smallest absolute Gasteiger partial charge is 0.242 e. The summed E-state index contributed by atoms with van der Waals surface area (Å²) in [5.74, 6) is 0.525. The van der Waals surface area contributed by atoms with Crippen LogP contribution in [0.4, 0.5) is 0 Å². The van der Waals surface area contributed by atoms with E-state index >= 15 is 0 Å². The van der Waals surface area contributed by atoms with Gasteiger partial charge in [0, 0.05) is 23.6 Å². The Morgan fingerprint density at radius 1 is 1.08 bits per heavy atom. The summed E-state index contributed by atoms with van der Waals surface area (Å²) in [6, 6.07) is 8.80. The molecule has 0 atom stereocenters. The van der Waals surface area contributed by atoms with Gasteiger partial charge < -0.3 is 4.57 Å². The Kier molecular flexibility index (Phi) is 2.75. The number of nitrogens with one attached hydrogen (secondary N) is 2. The number of para-hydroxylation sites is 1. The zero-order valence-electron chi connectivity index (χ0n) is 14.9. The first-order valence-corrected chi connectivity index (χ1v) is 9.27. The number of hydrogen-bond donors (Lipinski definition) is 2. The monoisotopic (exact) mass is 325 g/mol. The second-order valence-electron chi connectivity index (χ2n) is 8.79. The summed E-state index contributed by atoms with van der Waals surface area (Å²) in [7, 11) is 0. The van der Waals surface area contributed by atoms with Gasteiger partial charge in [0.25, 0.3) is 0 Å². The van der Waals surface area contributed by atoms with E-state index in [9.17, 15) is 4.79 Å². The molecule has 0 spiro atoms. The number of carbonyl (C=O) groups excluding carboxylic acids is 1. The zero-order chi connectivity index (χ0) is 16.7. The Hall–Kier alpha value is -1.65. The van der Waals surface area contributed by atoms with Crippen LogP contribution in [0.15, 0.2) is 30.5 Å². The molecule has 24 heavy (non-hydrogen) atoms. The van der Waals surface area contributed by atoms with E-state index in [0.717, 1.165) is 32.7 Å². The Balaban J connectivity index is 1.64. The molecule has 0 unspecified atom stereocenters. The van der Waals surface area contributed by atoms with Gasteiger partial charge in [-0.15, -0.1) is 0 Å². The van der Waals surface area contributed by atoms with Crippen molar-refractivity contribution in [2.24, 2.45) is 10.8 Å². The Labute approximate surface area is 143 Å². The lowest BCUT2D eigenvalue weighted by atomic mass is 9.62. The van der Waals surface area contributed by atoms with E-state index in [-0.39, 0.29) is 10.8 Å². The van der Waals surface area contributed by atoms with Gasteiger partial charge in [0.05, 0.1) is 31.7 Å². The third-order valence-electron chi connectivity index (χ3n) is 6.85. The van der Waals surface area contributed by atoms with Crippen LogP contribution in [-0.2, 0) is 11.3 Å². The molecule has 0 radical (unpaired) electrons. The lowest BCUT2D eigenvalue weighted by Gasteiger charge is -2.58. The minimum absolute atomic E-state index is 0.116. The number of aryl methyl sites for hydroxylation is 1. The average molecular weight is 325 g/mol. The van der Waals surface area contributed by atoms with Crippen LogP contribution in [0.25, 0.3) is 10.9 Å². The summed E-state index contributed by atoms with van der Waals surface area (Å²) < 4.78 is 2.38. The van der Waals surface area contributed by atoms with Gasteiger partial charge in [0.1, 0.15) is 10.8 Å². The standard InChI is InChI=1S/C20H25N3O/c1-4-21-9-15(14-7-5-6-8-16(14)21)17-22-10-19(2)11-23(17)13-20(3,12-22)18(19)24/h5-9,17H,4,10-13H2,1-3H3/p+2. The minimum atomic E-state index is -0.116. The van der Waals surface area contributed by atoms with E-state index in [1.54, 1.807) is 9.80 Å². The summed E-state index contributed by atoms with van der Waals surface area (Å²) in [5.41, 5.74) is 2.60. The lowest BCUT2D eigenvalue weighted by Crippen LogP contribution is -3.41. The van der Waals surface area contributed by atoms with Crippen molar-refractivity contribution in [1.82, 2.24) is 4.57 Å². The topological polar surface area (TPSA) is 30.9 Å². The number of aromatic nitrogens is 1. The molecule has 0 saturated carbocycles. The molecular weight excluding hydrogens is 298 g/mol. The van der Waals surface area contributed by atoms with Gasteiger partial charge in [-0.05, 0) is 26.8 Å². The highest BCUT2D eigenvalue weighted by Crippen LogP contribution is 2.37. The molecule has 5 heterocycles. The number of rotatable bonds is 2. The van der Waals surface area contributed by atoms with E-state index < -0.39 is 0 Å². The lowest BCUT2D eigenvalue weighted by molar-refractivity contribution is -1.18. The SMILES string of the molecule is CCn1cc(C2[NH+]3CC4(C)C[NH+]2CC(C)(C3)C4=O)c2ccccc21. The van der Waals surface area contributed by atoms with Crippen molar-refractivity contribution in [3.05, 3.63) is 36.0 Å². The molecule has 4 aliphatic rings. The molecule has 4 aliphatic heterocycles. The van der Waals surface area contributed by atoms with Crippen molar-refractivity contribution in [2.75, 3.05) is 26.2 Å². The summed E-state index contributed by atoms with van der Waals surface area (Å²) in [6.45, 7) is 11.6. The highest BCUT2D eigenvalue weighted by Gasteiger charge is 2.68. The maximum atomic E-state index is 12.9. The predicted octanol–water partition coefficient (Wildman–Crippen LogP) is 0.0521. The van der Waals surface area contributed by atoms with Gasteiger partial charge in [-0.1, -0.05) is 18.2 Å². The van der Waals surface area contributed by atoms with Crippen LogP contribution < -0.4 is 9.80 Å². The number of carbonyl (C=O) groups is 1. The second kappa shape index (κ2) is 4.50. The molecule has 4 fully saturated rings. The molecule has 4 bridgehead atoms. The summed E-state index contributed by atoms with van der Waals surface area (Å²) in [4.78, 5) is 16.1. The van der Waals surface area contributed by atoms with Crippen LogP contribution >= 0.6 is 0 Å². The molecule has 6 rings (SSSR count). The first-order valence-electron chi connectivity index (χ1n) is 9.27. The van der Waals surface area contributed by atoms with Crippen molar-refractivity contribution in [2.45, 2.75) is 33.5 Å². The quantitative estimate of drug-likeness (QED) is 0.803. The number of quaternary nitrogens is 2. The number of hydrogen-bond acceptors (Lipinski definition) is 1. The Morgan fingerprint density at radius 3 is 2.25 bits per heavy atom. The minimum Gasteiger partial charge on any atom is -0.347 e. The molecule has 4 nitrogen and oxygen atoms in total. The molecule has 2 aromatic rings. The second-order valence-corrected chi connectivity index (χ2v) is 8.79. The molecular formula is C20H27N3O+2. The first kappa shape index (κ1) is 14.7. The molecule has 1 aromatic heterocycles. The van der Waals surface area contributed by atoms with Gasteiger partial charge in [-0.2, -0.15) is 0 Å². The average Bonchev–Trinajstić information content (AvgIpc) is 2.90. The molecule has 1 aromatic carbocycles. The zero-order valence-corrected chi connectivity index (χ0v) is 14.9. The van der Waals surface area contributed by atoms with E-state index in [2.05, 4.69) is 55.8 Å². The van der Waals surface area contributed by atoms with Crippen molar-refractivity contribution in [3.63, 3.8) is 0 Å². The fourth-order valence-corrected chi connectivity index (χ4v) is 6.21. The van der Waals surface area contributed by atoms with Crippen LogP contribution in [0.3, 0.4) is 0 Å². The van der Waals surface area contributed by atoms with Crippen LogP contribution in [0, 0.1) is 10.8 Å². The number of benzene rings is 1.